The highest BCUT2D eigenvalue weighted by atomic mass is 14.8. The maximum absolute atomic E-state index is 5.68. The Morgan fingerprint density at radius 1 is 0.596 bits per heavy atom. The van der Waals surface area contributed by atoms with E-state index in [0.29, 0.717) is 0 Å². The number of aryl methyl sites for hydroxylation is 2. The first-order valence-corrected chi connectivity index (χ1v) is 22.0. The van der Waals surface area contributed by atoms with Crippen LogP contribution < -0.4 is 0 Å². The fourth-order valence-electron chi connectivity index (χ4n) is 8.97. The van der Waals surface area contributed by atoms with Crippen molar-refractivity contribution in [3.63, 3.8) is 0 Å². The van der Waals surface area contributed by atoms with Crippen LogP contribution in [0.2, 0.25) is 0 Å². The molecule has 1 aromatic heterocycles. The second kappa shape index (κ2) is 16.1. The van der Waals surface area contributed by atoms with E-state index in [1.54, 1.807) is 0 Å². The summed E-state index contributed by atoms with van der Waals surface area (Å²) in [6.45, 7) is 25.1. The molecule has 1 saturated carbocycles. The molecule has 0 atom stereocenters. The van der Waals surface area contributed by atoms with Crippen molar-refractivity contribution in [2.24, 2.45) is 10.9 Å². The minimum atomic E-state index is 0.0852. The average molecular weight is 757 g/mol. The number of allylic oxidation sites excluding steroid dienone is 3. The number of hydrogen-bond acceptors (Lipinski definition) is 1. The predicted molar refractivity (Wildman–Crippen MR) is 249 cm³/mol. The van der Waals surface area contributed by atoms with E-state index < -0.39 is 0 Å². The number of nitrogens with zero attached hydrogens (tertiary/aromatic N) is 1. The highest BCUT2D eigenvalue weighted by Gasteiger charge is 2.27. The molecule has 1 aliphatic carbocycles. The predicted octanol–water partition coefficient (Wildman–Crippen LogP) is 15.8. The number of fused-ring (bicyclic) bond motifs is 1. The van der Waals surface area contributed by atoms with Gasteiger partial charge in [0.25, 0.3) is 0 Å². The van der Waals surface area contributed by atoms with Gasteiger partial charge in [0.15, 0.2) is 0 Å². The lowest BCUT2D eigenvalue weighted by molar-refractivity contribution is 0.330. The van der Waals surface area contributed by atoms with Crippen LogP contribution in [0.1, 0.15) is 165 Å². The Bertz CT molecular complexity index is 2290. The molecule has 2 heterocycles. The van der Waals surface area contributed by atoms with Crippen LogP contribution in [0.25, 0.3) is 33.2 Å². The van der Waals surface area contributed by atoms with E-state index in [-0.39, 0.29) is 16.2 Å². The van der Waals surface area contributed by atoms with Gasteiger partial charge in [0.05, 0.1) is 22.8 Å². The molecule has 0 bridgehead atoms. The molecule has 2 nitrogen and oxygen atoms in total. The number of aromatic nitrogens is 1. The molecule has 2 aliphatic rings. The highest BCUT2D eigenvalue weighted by molar-refractivity contribution is 6.20. The van der Waals surface area contributed by atoms with Crippen LogP contribution in [0.5, 0.6) is 0 Å². The average Bonchev–Trinajstić information content (AvgIpc) is 3.77. The summed E-state index contributed by atoms with van der Waals surface area (Å²) in [6.07, 6.45) is 14.1. The van der Waals surface area contributed by atoms with Crippen molar-refractivity contribution in [2.45, 2.75) is 150 Å². The van der Waals surface area contributed by atoms with Crippen LogP contribution in [-0.4, -0.2) is 10.7 Å². The van der Waals surface area contributed by atoms with E-state index in [9.17, 15) is 0 Å². The largest absolute Gasteiger partial charge is 0.354 e. The third-order valence-electron chi connectivity index (χ3n) is 12.9. The topological polar surface area (TPSA) is 28.1 Å². The molecule has 5 aromatic rings. The van der Waals surface area contributed by atoms with Gasteiger partial charge >= 0.3 is 0 Å². The number of hydrogen-bond donors (Lipinski definition) is 1. The Morgan fingerprint density at radius 3 is 1.61 bits per heavy atom. The highest BCUT2D eigenvalue weighted by Crippen LogP contribution is 2.44. The third-order valence-corrected chi connectivity index (χ3v) is 12.9. The quantitative estimate of drug-likeness (QED) is 0.145. The molecule has 0 unspecified atom stereocenters. The summed E-state index contributed by atoms with van der Waals surface area (Å²) in [7, 11) is 0. The third kappa shape index (κ3) is 9.01. The minimum absolute atomic E-state index is 0.0852. The van der Waals surface area contributed by atoms with Crippen molar-refractivity contribution in [2.75, 3.05) is 0 Å². The fraction of sp³-hybridized carbons (Fsp3) is 0.436. The van der Waals surface area contributed by atoms with Crippen LogP contribution >= 0.6 is 0 Å². The fourth-order valence-corrected chi connectivity index (χ4v) is 8.97. The van der Waals surface area contributed by atoms with Gasteiger partial charge in [-0.25, -0.2) is 4.99 Å². The van der Waals surface area contributed by atoms with Gasteiger partial charge in [0, 0.05) is 27.5 Å². The Kier molecular flexibility index (Phi) is 11.5. The number of benzene rings is 4. The monoisotopic (exact) mass is 757 g/mol. The lowest BCUT2D eigenvalue weighted by Gasteiger charge is -2.21. The maximum Gasteiger partial charge on any atom is 0.0769 e. The van der Waals surface area contributed by atoms with Crippen LogP contribution in [0, 0.1) is 19.8 Å². The molecular weight excluding hydrogens is 689 g/mol. The van der Waals surface area contributed by atoms with E-state index >= 15 is 0 Å². The minimum Gasteiger partial charge on any atom is -0.354 e. The lowest BCUT2D eigenvalue weighted by atomic mass is 9.84. The molecule has 4 aromatic carbocycles. The van der Waals surface area contributed by atoms with Crippen LogP contribution in [0.3, 0.4) is 0 Å². The van der Waals surface area contributed by atoms with Gasteiger partial charge in [-0.15, -0.1) is 0 Å². The zero-order valence-corrected chi connectivity index (χ0v) is 37.0. The number of unbranched alkanes of at least 4 members (excludes halogenated alkanes) is 1. The molecule has 1 N–H and O–H groups in total. The number of H-pyrrole nitrogens is 1. The van der Waals surface area contributed by atoms with Gasteiger partial charge in [0.1, 0.15) is 0 Å². The van der Waals surface area contributed by atoms with Gasteiger partial charge in [-0.2, -0.15) is 0 Å². The second-order valence-electron chi connectivity index (χ2n) is 20.5. The van der Waals surface area contributed by atoms with Gasteiger partial charge in [-0.1, -0.05) is 180 Å². The molecular formula is C55H68N2. The summed E-state index contributed by atoms with van der Waals surface area (Å²) in [5.74, 6) is 0.887. The van der Waals surface area contributed by atoms with Crippen molar-refractivity contribution in [3.8, 4) is 11.3 Å². The summed E-state index contributed by atoms with van der Waals surface area (Å²) >= 11 is 0. The molecule has 0 spiro atoms. The van der Waals surface area contributed by atoms with Gasteiger partial charge in [-0.3, -0.25) is 0 Å². The number of rotatable bonds is 9. The van der Waals surface area contributed by atoms with Crippen molar-refractivity contribution >= 4 is 27.6 Å². The Labute approximate surface area is 345 Å². The molecule has 7 rings (SSSR count). The molecule has 2 heteroatoms. The first kappa shape index (κ1) is 40.8. The molecule has 298 valence electrons. The van der Waals surface area contributed by atoms with Crippen LogP contribution in [-0.2, 0) is 16.2 Å². The van der Waals surface area contributed by atoms with Crippen LogP contribution in [0.4, 0.5) is 0 Å². The first-order chi connectivity index (χ1) is 27.0. The SMILES string of the molecule is Cc1cc2c(/C(CCCCC3CCCCC3)=C3\N=C(c4ccc(C(C)(C)C)cc4)C=C3c3ccc(C(C)(C)C)cc3)[nH]c(-c3ccc(C(C)(C)C)cc3)c2cc1C. The Morgan fingerprint density at radius 2 is 1.09 bits per heavy atom. The number of aliphatic imine (C=N–C) groups is 1. The number of nitrogens with one attached hydrogen (secondary N) is 1. The van der Waals surface area contributed by atoms with E-state index in [1.807, 2.05) is 0 Å². The number of aromatic amines is 1. The van der Waals surface area contributed by atoms with E-state index in [2.05, 4.69) is 172 Å². The normalized spacial score (nSPS) is 16.6. The maximum atomic E-state index is 5.68. The molecule has 0 amide bonds. The van der Waals surface area contributed by atoms with E-state index in [1.165, 1.54) is 123 Å². The smallest absolute Gasteiger partial charge is 0.0769 e. The second-order valence-corrected chi connectivity index (χ2v) is 20.5. The lowest BCUT2D eigenvalue weighted by Crippen LogP contribution is -2.11. The zero-order chi connectivity index (χ0) is 40.7. The summed E-state index contributed by atoms with van der Waals surface area (Å²) in [6, 6.07) is 32.5. The Hall–Kier alpha value is -4.43. The molecule has 1 aliphatic heterocycles. The van der Waals surface area contributed by atoms with E-state index in [4.69, 9.17) is 4.99 Å². The van der Waals surface area contributed by atoms with Crippen molar-refractivity contribution in [3.05, 3.63) is 141 Å². The molecule has 0 saturated heterocycles. The van der Waals surface area contributed by atoms with Gasteiger partial charge < -0.3 is 4.98 Å². The summed E-state index contributed by atoms with van der Waals surface area (Å²) < 4.78 is 0. The molecule has 0 radical (unpaired) electrons. The van der Waals surface area contributed by atoms with E-state index in [0.717, 1.165) is 30.2 Å². The van der Waals surface area contributed by atoms with Crippen molar-refractivity contribution in [1.82, 2.24) is 4.98 Å². The van der Waals surface area contributed by atoms with Gasteiger partial charge in [0.2, 0.25) is 0 Å². The zero-order valence-electron chi connectivity index (χ0n) is 37.0. The van der Waals surface area contributed by atoms with Crippen molar-refractivity contribution in [1.29, 1.82) is 0 Å². The summed E-state index contributed by atoms with van der Waals surface area (Å²) in [4.78, 5) is 9.79. The van der Waals surface area contributed by atoms with Crippen LogP contribution in [0.15, 0.2) is 102 Å². The standard InChI is InChI=1S/C55H68N2/c1-36-33-47-48(34-37(36)2)52(57-50(47)41-25-31-44(32-26-41)55(9,10)11)45(20-16-15-19-38-17-13-12-14-18-38)51-46(39-21-27-42(28-22-39)53(3,4)5)35-49(56-51)40-23-29-43(30-24-40)54(6,7)8/h21-35,38,57H,12-20H2,1-11H3/b51-45-. The Balaban J connectivity index is 1.42. The molecule has 57 heavy (non-hydrogen) atoms. The van der Waals surface area contributed by atoms with Gasteiger partial charge in [-0.05, 0) is 106 Å². The summed E-state index contributed by atoms with van der Waals surface area (Å²) in [5, 5.41) is 2.58. The first-order valence-electron chi connectivity index (χ1n) is 22.0. The molecule has 1 fully saturated rings. The summed E-state index contributed by atoms with van der Waals surface area (Å²) in [5.41, 5.74) is 17.7. The van der Waals surface area contributed by atoms with Crippen molar-refractivity contribution < 1.29 is 0 Å².